The molecule has 4 heteroatoms. The highest BCUT2D eigenvalue weighted by atomic mass is 32.2. The largest absolute Gasteiger partial charge is 0.329 e. The van der Waals surface area contributed by atoms with Gasteiger partial charge in [-0.05, 0) is 31.4 Å². The van der Waals surface area contributed by atoms with Crippen LogP contribution in [0.25, 0.3) is 0 Å². The lowest BCUT2D eigenvalue weighted by Gasteiger charge is -2.52. The zero-order valence-electron chi connectivity index (χ0n) is 10.7. The molecule has 0 aromatic carbocycles. The molecule has 17 heavy (non-hydrogen) atoms. The molecule has 0 aromatic heterocycles. The molecule has 2 nitrogen and oxygen atoms in total. The van der Waals surface area contributed by atoms with Gasteiger partial charge in [-0.15, -0.1) is 11.8 Å². The van der Waals surface area contributed by atoms with Gasteiger partial charge in [0.15, 0.2) is 0 Å². The van der Waals surface area contributed by atoms with E-state index in [4.69, 9.17) is 0 Å². The summed E-state index contributed by atoms with van der Waals surface area (Å²) in [5.41, 5.74) is 0.420. The van der Waals surface area contributed by atoms with Gasteiger partial charge in [0.25, 0.3) is 0 Å². The smallest absolute Gasteiger partial charge is 0.233 e. The summed E-state index contributed by atoms with van der Waals surface area (Å²) in [5.74, 6) is 2.38. The van der Waals surface area contributed by atoms with E-state index in [1.165, 1.54) is 31.4 Å². The molecule has 3 fully saturated rings. The maximum Gasteiger partial charge on any atom is 0.233 e. The number of piperidine rings is 1. The second kappa shape index (κ2) is 4.09. The summed E-state index contributed by atoms with van der Waals surface area (Å²) in [7, 11) is 0. The Kier molecular flexibility index (Phi) is 2.94. The second-order valence-electron chi connectivity index (χ2n) is 6.25. The van der Waals surface area contributed by atoms with Crippen LogP contribution >= 0.6 is 23.5 Å². The lowest BCUT2D eigenvalue weighted by molar-refractivity contribution is -0.132. The van der Waals surface area contributed by atoms with E-state index in [-0.39, 0.29) is 0 Å². The fraction of sp³-hybridized carbons (Fsp3) is 0.923. The maximum absolute atomic E-state index is 11.9. The molecule has 3 aliphatic heterocycles. The van der Waals surface area contributed by atoms with Crippen molar-refractivity contribution >= 4 is 29.4 Å². The van der Waals surface area contributed by atoms with Crippen LogP contribution in [0.4, 0.5) is 0 Å². The van der Waals surface area contributed by atoms with Gasteiger partial charge in [-0.1, -0.05) is 13.8 Å². The number of hydrogen-bond donors (Lipinski definition) is 0. The molecular formula is C13H21NOS2. The second-order valence-corrected chi connectivity index (χ2v) is 9.12. The average molecular weight is 271 g/mol. The highest BCUT2D eigenvalue weighted by molar-refractivity contribution is 8.01. The van der Waals surface area contributed by atoms with Crippen LogP contribution in [0, 0.1) is 5.41 Å². The SMILES string of the molecule is CC1(C)C[C@@]2(CCCN3C(=O)CS[C@H]32)CCS1. The molecule has 0 aliphatic carbocycles. The lowest BCUT2D eigenvalue weighted by Crippen LogP contribution is -2.53. The van der Waals surface area contributed by atoms with Crippen LogP contribution in [0.5, 0.6) is 0 Å². The van der Waals surface area contributed by atoms with Gasteiger partial charge in [-0.25, -0.2) is 0 Å². The molecule has 1 spiro atoms. The number of fused-ring (bicyclic) bond motifs is 2. The molecule has 3 rings (SSSR count). The van der Waals surface area contributed by atoms with Crippen LogP contribution in [-0.4, -0.2) is 39.0 Å². The van der Waals surface area contributed by atoms with E-state index < -0.39 is 0 Å². The Hall–Kier alpha value is 0.170. The molecule has 96 valence electrons. The van der Waals surface area contributed by atoms with Gasteiger partial charge in [0.1, 0.15) is 0 Å². The minimum atomic E-state index is 0.384. The number of hydrogen-bond acceptors (Lipinski definition) is 3. The fourth-order valence-corrected chi connectivity index (χ4v) is 6.86. The van der Waals surface area contributed by atoms with Gasteiger partial charge in [-0.2, -0.15) is 11.8 Å². The number of carbonyl (C=O) groups excluding carboxylic acids is 1. The summed E-state index contributed by atoms with van der Waals surface area (Å²) >= 11 is 4.02. The highest BCUT2D eigenvalue weighted by Gasteiger charge is 2.53. The zero-order chi connectivity index (χ0) is 12.1. The van der Waals surface area contributed by atoms with Gasteiger partial charge in [0.05, 0.1) is 11.1 Å². The van der Waals surface area contributed by atoms with Crippen molar-refractivity contribution in [1.29, 1.82) is 0 Å². The molecule has 3 saturated heterocycles. The van der Waals surface area contributed by atoms with E-state index in [1.54, 1.807) is 0 Å². The third-order valence-corrected chi connectivity index (χ3v) is 7.25. The highest BCUT2D eigenvalue weighted by Crippen LogP contribution is 2.56. The van der Waals surface area contributed by atoms with Crippen LogP contribution in [0.3, 0.4) is 0 Å². The molecule has 3 heterocycles. The summed E-state index contributed by atoms with van der Waals surface area (Å²) in [6.45, 7) is 5.75. The Balaban J connectivity index is 1.88. The predicted octanol–water partition coefficient (Wildman–Crippen LogP) is 2.97. The zero-order valence-corrected chi connectivity index (χ0v) is 12.3. The molecule has 0 radical (unpaired) electrons. The summed E-state index contributed by atoms with van der Waals surface area (Å²) in [6, 6.07) is 0. The van der Waals surface area contributed by atoms with Crippen LogP contribution in [0.1, 0.15) is 39.5 Å². The number of nitrogens with zero attached hydrogens (tertiary/aromatic N) is 1. The average Bonchev–Trinajstić information content (AvgIpc) is 2.61. The van der Waals surface area contributed by atoms with Gasteiger partial charge < -0.3 is 4.90 Å². The molecule has 0 bridgehead atoms. The number of thioether (sulfide) groups is 2. The quantitative estimate of drug-likeness (QED) is 0.675. The molecule has 0 unspecified atom stereocenters. The summed E-state index contributed by atoms with van der Waals surface area (Å²) in [4.78, 5) is 14.1. The molecule has 0 saturated carbocycles. The first-order valence-electron chi connectivity index (χ1n) is 6.58. The summed E-state index contributed by atoms with van der Waals surface area (Å²) in [6.07, 6.45) is 5.14. The third-order valence-electron chi connectivity index (χ3n) is 4.44. The molecule has 1 amide bonds. The van der Waals surface area contributed by atoms with E-state index in [1.807, 2.05) is 11.8 Å². The Bertz CT molecular complexity index is 340. The predicted molar refractivity (Wildman–Crippen MR) is 75.4 cm³/mol. The van der Waals surface area contributed by atoms with Gasteiger partial charge in [0, 0.05) is 16.7 Å². The van der Waals surface area contributed by atoms with Crippen molar-refractivity contribution in [2.24, 2.45) is 5.41 Å². The molecule has 2 atom stereocenters. The molecule has 0 N–H and O–H groups in total. The molecule has 0 aromatic rings. The number of carbonyl (C=O) groups is 1. The third kappa shape index (κ3) is 2.01. The van der Waals surface area contributed by atoms with E-state index in [2.05, 4.69) is 30.5 Å². The fourth-order valence-electron chi connectivity index (χ4n) is 3.87. The first-order valence-corrected chi connectivity index (χ1v) is 8.61. The van der Waals surface area contributed by atoms with E-state index >= 15 is 0 Å². The Morgan fingerprint density at radius 2 is 2.18 bits per heavy atom. The minimum Gasteiger partial charge on any atom is -0.329 e. The standard InChI is InChI=1S/C13H21NOS2/c1-12(2)9-13(5-7-17-12)4-3-6-14-10(15)8-16-11(13)14/h11H,3-9H2,1-2H3/t11-,13+/m0/s1. The monoisotopic (exact) mass is 271 g/mol. The first-order chi connectivity index (χ1) is 8.03. The van der Waals surface area contributed by atoms with Crippen LogP contribution in [0.15, 0.2) is 0 Å². The minimum absolute atomic E-state index is 0.384. The van der Waals surface area contributed by atoms with Crippen molar-refractivity contribution in [3.8, 4) is 0 Å². The van der Waals surface area contributed by atoms with Crippen LogP contribution in [-0.2, 0) is 4.79 Å². The van der Waals surface area contributed by atoms with E-state index in [9.17, 15) is 4.79 Å². The lowest BCUT2D eigenvalue weighted by atomic mass is 9.71. The molecular weight excluding hydrogens is 250 g/mol. The van der Waals surface area contributed by atoms with E-state index in [0.717, 1.165) is 12.3 Å². The normalized spacial score (nSPS) is 40.7. The Labute approximate surface area is 112 Å². The van der Waals surface area contributed by atoms with Crippen molar-refractivity contribution in [2.75, 3.05) is 18.1 Å². The number of rotatable bonds is 0. The summed E-state index contributed by atoms with van der Waals surface area (Å²) < 4.78 is 0.396. The van der Waals surface area contributed by atoms with Crippen molar-refractivity contribution in [3.63, 3.8) is 0 Å². The Morgan fingerprint density at radius 1 is 1.35 bits per heavy atom. The van der Waals surface area contributed by atoms with Crippen molar-refractivity contribution in [1.82, 2.24) is 4.90 Å². The summed E-state index contributed by atoms with van der Waals surface area (Å²) in [5, 5.41) is 0.490. The first kappa shape index (κ1) is 12.2. The maximum atomic E-state index is 11.9. The molecule has 3 aliphatic rings. The van der Waals surface area contributed by atoms with Crippen LogP contribution < -0.4 is 0 Å². The van der Waals surface area contributed by atoms with Crippen molar-refractivity contribution < 1.29 is 4.79 Å². The van der Waals surface area contributed by atoms with Gasteiger partial charge in [0.2, 0.25) is 5.91 Å². The topological polar surface area (TPSA) is 20.3 Å². The Morgan fingerprint density at radius 3 is 2.94 bits per heavy atom. The van der Waals surface area contributed by atoms with Crippen molar-refractivity contribution in [2.45, 2.75) is 49.7 Å². The van der Waals surface area contributed by atoms with Gasteiger partial charge >= 0.3 is 0 Å². The van der Waals surface area contributed by atoms with Crippen LogP contribution in [0.2, 0.25) is 0 Å². The van der Waals surface area contributed by atoms with Gasteiger partial charge in [-0.3, -0.25) is 4.79 Å². The number of amides is 1. The van der Waals surface area contributed by atoms with E-state index in [0.29, 0.717) is 21.4 Å². The van der Waals surface area contributed by atoms with Crippen molar-refractivity contribution in [3.05, 3.63) is 0 Å².